The summed E-state index contributed by atoms with van der Waals surface area (Å²) in [4.78, 5) is 22.0. The number of Topliss-reactive ketones (excluding diaryl/α,β-unsaturated/α-hetero) is 1. The van der Waals surface area contributed by atoms with Crippen LogP contribution >= 0.6 is 11.8 Å². The van der Waals surface area contributed by atoms with Gasteiger partial charge in [-0.1, -0.05) is 11.8 Å². The van der Waals surface area contributed by atoms with Crippen LogP contribution in [0.15, 0.2) is 11.1 Å². The fourth-order valence-electron chi connectivity index (χ4n) is 0.834. The number of carbonyl (C=O) groups is 2. The summed E-state index contributed by atoms with van der Waals surface area (Å²) >= 11 is 0.828. The molecular weight excluding hydrogens is 254 g/mol. The van der Waals surface area contributed by atoms with E-state index < -0.39 is 15.8 Å². The molecule has 88 valence electrons. The van der Waals surface area contributed by atoms with Crippen LogP contribution in [0.3, 0.4) is 0 Å². The van der Waals surface area contributed by atoms with Crippen LogP contribution in [0.25, 0.3) is 0 Å². The number of aromatic nitrogens is 2. The number of nitrogens with one attached hydrogen (secondary N) is 1. The fraction of sp³-hybridized carbons (Fsp3) is 0.286. The Kier molecular flexibility index (Phi) is 3.83. The highest BCUT2D eigenvalue weighted by Crippen LogP contribution is 2.09. The van der Waals surface area contributed by atoms with Crippen molar-refractivity contribution < 1.29 is 18.0 Å². The zero-order chi connectivity index (χ0) is 12.3. The Hall–Kier alpha value is -1.19. The number of hydrogen-bond donors (Lipinski definition) is 2. The summed E-state index contributed by atoms with van der Waals surface area (Å²) in [6, 6.07) is 1.04. The first-order valence-corrected chi connectivity index (χ1v) is 6.58. The molecular formula is C7H9N3O4S2. The molecule has 0 aliphatic heterocycles. The van der Waals surface area contributed by atoms with Crippen LogP contribution in [-0.4, -0.2) is 35.3 Å². The maximum absolute atomic E-state index is 11.4. The Balaban J connectivity index is 2.79. The van der Waals surface area contributed by atoms with Crippen molar-refractivity contribution in [3.63, 3.8) is 0 Å². The maximum atomic E-state index is 11.4. The summed E-state index contributed by atoms with van der Waals surface area (Å²) in [5, 5.41) is 9.93. The van der Waals surface area contributed by atoms with E-state index in [-0.39, 0.29) is 21.6 Å². The van der Waals surface area contributed by atoms with Crippen molar-refractivity contribution in [3.05, 3.63) is 11.8 Å². The third-order valence-electron chi connectivity index (χ3n) is 1.55. The van der Waals surface area contributed by atoms with E-state index in [0.29, 0.717) is 0 Å². The molecule has 0 saturated carbocycles. The molecule has 7 nitrogen and oxygen atoms in total. The number of rotatable bonds is 4. The summed E-state index contributed by atoms with van der Waals surface area (Å²) < 4.78 is 21.7. The minimum absolute atomic E-state index is 0.0576. The molecule has 16 heavy (non-hydrogen) atoms. The number of sulfonamides is 1. The SMILES string of the molecule is CC(=O)SCC(=O)c1cc(S(N)(=O)=O)[nH]n1. The van der Waals surface area contributed by atoms with Crippen LogP contribution in [-0.2, 0) is 14.8 Å². The fourth-order valence-corrected chi connectivity index (χ4v) is 1.76. The van der Waals surface area contributed by atoms with Gasteiger partial charge < -0.3 is 0 Å². The normalized spacial score (nSPS) is 11.4. The Morgan fingerprint density at radius 1 is 1.56 bits per heavy atom. The average molecular weight is 263 g/mol. The van der Waals surface area contributed by atoms with Crippen molar-refractivity contribution in [2.24, 2.45) is 5.14 Å². The highest BCUT2D eigenvalue weighted by atomic mass is 32.2. The second-order valence-corrected chi connectivity index (χ2v) is 5.55. The zero-order valence-corrected chi connectivity index (χ0v) is 9.89. The highest BCUT2D eigenvalue weighted by Gasteiger charge is 2.16. The van der Waals surface area contributed by atoms with Gasteiger partial charge in [0.1, 0.15) is 5.69 Å². The second-order valence-electron chi connectivity index (χ2n) is 2.87. The molecule has 0 atom stereocenters. The number of nitrogens with two attached hydrogens (primary N) is 1. The first-order chi connectivity index (χ1) is 7.30. The van der Waals surface area contributed by atoms with Crippen LogP contribution < -0.4 is 5.14 Å². The Bertz CT molecular complexity index is 519. The first kappa shape index (κ1) is 12.9. The van der Waals surface area contributed by atoms with E-state index in [1.165, 1.54) is 6.92 Å². The van der Waals surface area contributed by atoms with Crippen molar-refractivity contribution in [2.75, 3.05) is 5.75 Å². The van der Waals surface area contributed by atoms with Crippen molar-refractivity contribution in [3.8, 4) is 0 Å². The number of ketones is 1. The van der Waals surface area contributed by atoms with E-state index >= 15 is 0 Å². The molecule has 0 aliphatic rings. The second kappa shape index (κ2) is 4.76. The number of thioether (sulfide) groups is 1. The minimum atomic E-state index is -3.89. The lowest BCUT2D eigenvalue weighted by atomic mass is 10.3. The predicted molar refractivity (Wildman–Crippen MR) is 57.4 cm³/mol. The molecule has 0 spiro atoms. The van der Waals surface area contributed by atoms with E-state index in [1.807, 2.05) is 0 Å². The smallest absolute Gasteiger partial charge is 0.254 e. The number of carbonyl (C=O) groups excluding carboxylic acids is 2. The lowest BCUT2D eigenvalue weighted by Crippen LogP contribution is -2.12. The van der Waals surface area contributed by atoms with Gasteiger partial charge in [-0.05, 0) is 0 Å². The van der Waals surface area contributed by atoms with Crippen molar-refractivity contribution in [1.82, 2.24) is 10.2 Å². The summed E-state index contributed by atoms with van der Waals surface area (Å²) in [7, 11) is -3.89. The number of H-pyrrole nitrogens is 1. The third-order valence-corrected chi connectivity index (χ3v) is 3.19. The molecule has 1 aromatic rings. The quantitative estimate of drug-likeness (QED) is 0.707. The standard InChI is InChI=1S/C7H9N3O4S2/c1-4(11)15-3-6(12)5-2-7(10-9-5)16(8,13)14/h2H,3H2,1H3,(H,9,10)(H2,8,13,14). The van der Waals surface area contributed by atoms with Crippen molar-refractivity contribution in [2.45, 2.75) is 11.9 Å². The summed E-state index contributed by atoms with van der Waals surface area (Å²) in [5.74, 6) is -0.518. The molecule has 0 aliphatic carbocycles. The maximum Gasteiger partial charge on any atom is 0.254 e. The lowest BCUT2D eigenvalue weighted by Gasteiger charge is -1.92. The van der Waals surface area contributed by atoms with Crippen molar-refractivity contribution in [1.29, 1.82) is 0 Å². The molecule has 1 aromatic heterocycles. The minimum Gasteiger partial charge on any atom is -0.291 e. The Labute approximate surface area is 95.8 Å². The molecule has 9 heteroatoms. The number of hydrogen-bond acceptors (Lipinski definition) is 6. The van der Waals surface area contributed by atoms with Gasteiger partial charge in [0.2, 0.25) is 0 Å². The highest BCUT2D eigenvalue weighted by molar-refractivity contribution is 8.14. The number of nitrogens with zero attached hydrogens (tertiary/aromatic N) is 1. The van der Waals surface area contributed by atoms with Crippen LogP contribution in [0.2, 0.25) is 0 Å². The van der Waals surface area contributed by atoms with Gasteiger partial charge in [0.25, 0.3) is 10.0 Å². The largest absolute Gasteiger partial charge is 0.291 e. The molecule has 0 fully saturated rings. The van der Waals surface area contributed by atoms with Gasteiger partial charge in [-0.25, -0.2) is 13.6 Å². The van der Waals surface area contributed by atoms with Gasteiger partial charge in [-0.3, -0.25) is 14.7 Å². The molecule has 0 radical (unpaired) electrons. The van der Waals surface area contributed by atoms with Crippen LogP contribution in [0.4, 0.5) is 0 Å². The molecule has 3 N–H and O–H groups in total. The molecule has 0 amide bonds. The Morgan fingerprint density at radius 2 is 2.19 bits per heavy atom. The van der Waals surface area contributed by atoms with Gasteiger partial charge in [-0.2, -0.15) is 5.10 Å². The predicted octanol–water partition coefficient (Wildman–Crippen LogP) is -0.481. The van der Waals surface area contributed by atoms with Crippen molar-refractivity contribution >= 4 is 32.7 Å². The lowest BCUT2D eigenvalue weighted by molar-refractivity contribution is -0.109. The van der Waals surface area contributed by atoms with Gasteiger partial charge >= 0.3 is 0 Å². The van der Waals surface area contributed by atoms with Crippen LogP contribution in [0.5, 0.6) is 0 Å². The zero-order valence-electron chi connectivity index (χ0n) is 8.26. The topological polar surface area (TPSA) is 123 Å². The molecule has 0 aromatic carbocycles. The molecule has 0 bridgehead atoms. The van der Waals surface area contributed by atoms with Crippen LogP contribution in [0, 0.1) is 0 Å². The molecule has 0 saturated heterocycles. The number of aromatic amines is 1. The van der Waals surface area contributed by atoms with Gasteiger partial charge in [0.15, 0.2) is 15.9 Å². The third kappa shape index (κ3) is 3.43. The molecule has 1 rings (SSSR count). The van der Waals surface area contributed by atoms with Gasteiger partial charge in [0, 0.05) is 13.0 Å². The number of primary sulfonamides is 1. The van der Waals surface area contributed by atoms with E-state index in [0.717, 1.165) is 17.8 Å². The summed E-state index contributed by atoms with van der Waals surface area (Å²) in [6.45, 7) is 1.33. The van der Waals surface area contributed by atoms with Gasteiger partial charge in [-0.15, -0.1) is 0 Å². The average Bonchev–Trinajstić information content (AvgIpc) is 2.61. The molecule has 0 unspecified atom stereocenters. The van der Waals surface area contributed by atoms with E-state index in [9.17, 15) is 18.0 Å². The molecule has 1 heterocycles. The van der Waals surface area contributed by atoms with Gasteiger partial charge in [0.05, 0.1) is 5.75 Å². The Morgan fingerprint density at radius 3 is 2.62 bits per heavy atom. The summed E-state index contributed by atoms with van der Waals surface area (Å²) in [5.41, 5.74) is -0.0576. The van der Waals surface area contributed by atoms with E-state index in [4.69, 9.17) is 5.14 Å². The van der Waals surface area contributed by atoms with Crippen LogP contribution in [0.1, 0.15) is 17.4 Å². The van der Waals surface area contributed by atoms with E-state index in [2.05, 4.69) is 10.2 Å². The monoisotopic (exact) mass is 263 g/mol. The summed E-state index contributed by atoms with van der Waals surface area (Å²) in [6.07, 6.45) is 0. The first-order valence-electron chi connectivity index (χ1n) is 4.05. The van der Waals surface area contributed by atoms with E-state index in [1.54, 1.807) is 0 Å².